The van der Waals surface area contributed by atoms with E-state index in [1.54, 1.807) is 14.2 Å². The molecule has 0 bridgehead atoms. The number of benzene rings is 1. The maximum absolute atomic E-state index is 6.05. The molecule has 1 fully saturated rings. The fourth-order valence-electron chi connectivity index (χ4n) is 1.80. The van der Waals surface area contributed by atoms with Crippen LogP contribution in [0.2, 0.25) is 0 Å². The van der Waals surface area contributed by atoms with Crippen LogP contribution in [0.25, 0.3) is 0 Å². The molecular formula is C13H20N2O2. The van der Waals surface area contributed by atoms with Crippen molar-refractivity contribution in [2.24, 2.45) is 5.73 Å². The van der Waals surface area contributed by atoms with Crippen molar-refractivity contribution in [3.8, 4) is 11.5 Å². The molecule has 1 aromatic rings. The molecule has 0 atom stereocenters. The molecule has 0 unspecified atom stereocenters. The molecule has 3 N–H and O–H groups in total. The largest absolute Gasteiger partial charge is 0.496 e. The molecule has 1 aliphatic carbocycles. The summed E-state index contributed by atoms with van der Waals surface area (Å²) in [5, 5.41) is 3.34. The first-order valence-corrected chi connectivity index (χ1v) is 5.83. The van der Waals surface area contributed by atoms with E-state index in [9.17, 15) is 0 Å². The first-order valence-electron chi connectivity index (χ1n) is 5.83. The quantitative estimate of drug-likeness (QED) is 0.820. The molecule has 0 radical (unpaired) electrons. The van der Waals surface area contributed by atoms with E-state index in [1.165, 1.54) is 0 Å². The number of hydrogen-bond donors (Lipinski definition) is 2. The third-order valence-electron chi connectivity index (χ3n) is 3.24. The molecule has 0 aromatic heterocycles. The molecule has 1 aliphatic rings. The highest BCUT2D eigenvalue weighted by Gasteiger charge is 2.37. The molecule has 0 amide bonds. The lowest BCUT2D eigenvalue weighted by Gasteiger charge is -2.16. The minimum absolute atomic E-state index is 0.0247. The summed E-state index contributed by atoms with van der Waals surface area (Å²) in [6.45, 7) is 2.77. The van der Waals surface area contributed by atoms with Gasteiger partial charge in [0.15, 0.2) is 0 Å². The van der Waals surface area contributed by atoms with Gasteiger partial charge in [-0.05, 0) is 31.4 Å². The molecule has 17 heavy (non-hydrogen) atoms. The van der Waals surface area contributed by atoms with Crippen molar-refractivity contribution in [1.82, 2.24) is 0 Å². The Bertz CT molecular complexity index is 414. The number of nitrogens with two attached hydrogens (primary N) is 1. The second-order valence-electron chi connectivity index (χ2n) is 4.74. The Morgan fingerprint density at radius 2 is 1.88 bits per heavy atom. The van der Waals surface area contributed by atoms with Crippen LogP contribution in [0.15, 0.2) is 12.1 Å². The van der Waals surface area contributed by atoms with E-state index >= 15 is 0 Å². The number of anilines is 1. The van der Waals surface area contributed by atoms with Gasteiger partial charge in [0.25, 0.3) is 0 Å². The van der Waals surface area contributed by atoms with Gasteiger partial charge in [-0.25, -0.2) is 0 Å². The van der Waals surface area contributed by atoms with E-state index in [4.69, 9.17) is 15.2 Å². The van der Waals surface area contributed by atoms with Crippen LogP contribution in [-0.4, -0.2) is 26.3 Å². The molecule has 0 spiro atoms. The standard InChI is InChI=1S/C13H20N2O2/c1-9-6-12(17-3)10(7-11(9)16-2)15-8-13(14)4-5-13/h6-7,15H,4-5,8,14H2,1-3H3. The Kier molecular flexibility index (Phi) is 3.15. The number of hydrogen-bond acceptors (Lipinski definition) is 4. The average molecular weight is 236 g/mol. The Labute approximate surface area is 102 Å². The maximum atomic E-state index is 6.05. The molecule has 94 valence electrons. The molecule has 0 saturated heterocycles. The van der Waals surface area contributed by atoms with Crippen molar-refractivity contribution in [2.45, 2.75) is 25.3 Å². The Hall–Kier alpha value is -1.42. The molecule has 2 rings (SSSR count). The fraction of sp³-hybridized carbons (Fsp3) is 0.538. The zero-order valence-corrected chi connectivity index (χ0v) is 10.7. The van der Waals surface area contributed by atoms with Crippen LogP contribution < -0.4 is 20.5 Å². The minimum Gasteiger partial charge on any atom is -0.496 e. The lowest BCUT2D eigenvalue weighted by Crippen LogP contribution is -2.31. The molecule has 4 nitrogen and oxygen atoms in total. The Morgan fingerprint density at radius 3 is 2.41 bits per heavy atom. The summed E-state index contributed by atoms with van der Waals surface area (Å²) in [4.78, 5) is 0. The smallest absolute Gasteiger partial charge is 0.142 e. The Balaban J connectivity index is 2.17. The zero-order valence-electron chi connectivity index (χ0n) is 10.7. The third-order valence-corrected chi connectivity index (χ3v) is 3.24. The second kappa shape index (κ2) is 4.45. The number of methoxy groups -OCH3 is 2. The van der Waals surface area contributed by atoms with E-state index in [0.29, 0.717) is 0 Å². The summed E-state index contributed by atoms with van der Waals surface area (Å²) in [6, 6.07) is 3.93. The molecule has 0 aliphatic heterocycles. The van der Waals surface area contributed by atoms with Gasteiger partial charge >= 0.3 is 0 Å². The van der Waals surface area contributed by atoms with Crippen LogP contribution in [0.5, 0.6) is 11.5 Å². The van der Waals surface area contributed by atoms with Gasteiger partial charge in [0.1, 0.15) is 11.5 Å². The van der Waals surface area contributed by atoms with Gasteiger partial charge in [-0.15, -0.1) is 0 Å². The van der Waals surface area contributed by atoms with Crippen molar-refractivity contribution >= 4 is 5.69 Å². The Morgan fingerprint density at radius 1 is 1.24 bits per heavy atom. The summed E-state index contributed by atoms with van der Waals surface area (Å²) >= 11 is 0. The lowest BCUT2D eigenvalue weighted by molar-refractivity contribution is 0.401. The predicted octanol–water partition coefficient (Wildman–Crippen LogP) is 1.92. The van der Waals surface area contributed by atoms with Gasteiger partial charge in [0.05, 0.1) is 19.9 Å². The highest BCUT2D eigenvalue weighted by atomic mass is 16.5. The van der Waals surface area contributed by atoms with Crippen LogP contribution >= 0.6 is 0 Å². The van der Waals surface area contributed by atoms with Crippen LogP contribution in [0.1, 0.15) is 18.4 Å². The van der Waals surface area contributed by atoms with Crippen molar-refractivity contribution in [2.75, 3.05) is 26.1 Å². The molecule has 1 aromatic carbocycles. The highest BCUT2D eigenvalue weighted by molar-refractivity contribution is 5.62. The maximum Gasteiger partial charge on any atom is 0.142 e. The van der Waals surface area contributed by atoms with Gasteiger partial charge in [-0.3, -0.25) is 0 Å². The van der Waals surface area contributed by atoms with Gasteiger partial charge < -0.3 is 20.5 Å². The monoisotopic (exact) mass is 236 g/mol. The van der Waals surface area contributed by atoms with Crippen molar-refractivity contribution < 1.29 is 9.47 Å². The van der Waals surface area contributed by atoms with Gasteiger partial charge in [-0.1, -0.05) is 0 Å². The number of rotatable bonds is 5. The summed E-state index contributed by atoms with van der Waals surface area (Å²) in [7, 11) is 3.34. The topological polar surface area (TPSA) is 56.5 Å². The number of nitrogens with one attached hydrogen (secondary N) is 1. The van der Waals surface area contributed by atoms with Crippen LogP contribution in [0.4, 0.5) is 5.69 Å². The molecular weight excluding hydrogens is 216 g/mol. The minimum atomic E-state index is -0.0247. The summed E-state index contributed by atoms with van der Waals surface area (Å²) in [6.07, 6.45) is 2.18. The van der Waals surface area contributed by atoms with E-state index in [2.05, 4.69) is 5.32 Å². The summed E-state index contributed by atoms with van der Waals surface area (Å²) in [5.41, 5.74) is 8.02. The van der Waals surface area contributed by atoms with Gasteiger partial charge in [-0.2, -0.15) is 0 Å². The highest BCUT2D eigenvalue weighted by Crippen LogP contribution is 2.36. The molecule has 1 saturated carbocycles. The van der Waals surface area contributed by atoms with Crippen molar-refractivity contribution in [3.05, 3.63) is 17.7 Å². The molecule has 0 heterocycles. The van der Waals surface area contributed by atoms with Crippen LogP contribution in [-0.2, 0) is 0 Å². The SMILES string of the molecule is COc1cc(NCC2(N)CC2)c(OC)cc1C. The first-order chi connectivity index (χ1) is 8.08. The first kappa shape index (κ1) is 12.0. The predicted molar refractivity (Wildman–Crippen MR) is 68.9 cm³/mol. The van der Waals surface area contributed by atoms with Crippen molar-refractivity contribution in [3.63, 3.8) is 0 Å². The fourth-order valence-corrected chi connectivity index (χ4v) is 1.80. The summed E-state index contributed by atoms with van der Waals surface area (Å²) < 4.78 is 10.7. The van der Waals surface area contributed by atoms with Crippen LogP contribution in [0.3, 0.4) is 0 Å². The molecule has 4 heteroatoms. The summed E-state index contributed by atoms with van der Waals surface area (Å²) in [5.74, 6) is 1.68. The third kappa shape index (κ3) is 2.64. The lowest BCUT2D eigenvalue weighted by atomic mass is 10.1. The van der Waals surface area contributed by atoms with Crippen LogP contribution in [0, 0.1) is 6.92 Å². The second-order valence-corrected chi connectivity index (χ2v) is 4.74. The average Bonchev–Trinajstić information content (AvgIpc) is 3.05. The normalized spacial score (nSPS) is 16.5. The van der Waals surface area contributed by atoms with E-state index in [-0.39, 0.29) is 5.54 Å². The van der Waals surface area contributed by atoms with E-state index in [1.807, 2.05) is 19.1 Å². The van der Waals surface area contributed by atoms with Gasteiger partial charge in [0, 0.05) is 18.2 Å². The van der Waals surface area contributed by atoms with E-state index < -0.39 is 0 Å². The van der Waals surface area contributed by atoms with E-state index in [0.717, 1.165) is 42.1 Å². The van der Waals surface area contributed by atoms with Gasteiger partial charge in [0.2, 0.25) is 0 Å². The zero-order chi connectivity index (χ0) is 12.5. The number of aryl methyl sites for hydroxylation is 1. The number of ether oxygens (including phenoxy) is 2. The van der Waals surface area contributed by atoms with Crippen molar-refractivity contribution in [1.29, 1.82) is 0 Å².